The summed E-state index contributed by atoms with van der Waals surface area (Å²) in [7, 11) is 0. The Morgan fingerprint density at radius 3 is 2.70 bits per heavy atom. The van der Waals surface area contributed by atoms with Gasteiger partial charge in [-0.25, -0.2) is 0 Å². The van der Waals surface area contributed by atoms with Crippen LogP contribution in [0.15, 0.2) is 24.3 Å². The first-order valence-electron chi connectivity index (χ1n) is 7.34. The molecule has 0 bridgehead atoms. The third kappa shape index (κ3) is 3.33. The predicted molar refractivity (Wildman–Crippen MR) is 82.6 cm³/mol. The molecule has 0 radical (unpaired) electrons. The molecule has 1 aromatic rings. The first-order chi connectivity index (χ1) is 9.57. The summed E-state index contributed by atoms with van der Waals surface area (Å²) in [5, 5.41) is 3.80. The molecule has 0 heterocycles. The molecule has 2 rings (SSSR count). The van der Waals surface area contributed by atoms with Crippen LogP contribution in [-0.2, 0) is 4.79 Å². The van der Waals surface area contributed by atoms with Gasteiger partial charge in [-0.2, -0.15) is 0 Å². The summed E-state index contributed by atoms with van der Waals surface area (Å²) in [6, 6.07) is 7.56. The first kappa shape index (κ1) is 15.3. The number of nitrogens with two attached hydrogens (primary N) is 1. The van der Waals surface area contributed by atoms with E-state index in [9.17, 15) is 4.79 Å². The molecule has 0 unspecified atom stereocenters. The van der Waals surface area contributed by atoms with Gasteiger partial charge in [-0.3, -0.25) is 4.79 Å². The van der Waals surface area contributed by atoms with Crippen LogP contribution in [-0.4, -0.2) is 12.5 Å². The van der Waals surface area contributed by atoms with Crippen molar-refractivity contribution in [2.45, 2.75) is 45.1 Å². The second-order valence-corrected chi connectivity index (χ2v) is 6.23. The van der Waals surface area contributed by atoms with Crippen LogP contribution in [0.2, 0.25) is 5.02 Å². The van der Waals surface area contributed by atoms with Gasteiger partial charge in [0, 0.05) is 11.6 Å². The minimum Gasteiger partial charge on any atom is -0.349 e. The number of hydrogen-bond donors (Lipinski definition) is 2. The molecule has 20 heavy (non-hydrogen) atoms. The maximum atomic E-state index is 12.6. The monoisotopic (exact) mass is 294 g/mol. The Morgan fingerprint density at radius 1 is 1.40 bits per heavy atom. The van der Waals surface area contributed by atoms with Crippen LogP contribution < -0.4 is 11.1 Å². The van der Waals surface area contributed by atoms with Crippen molar-refractivity contribution in [1.29, 1.82) is 0 Å². The summed E-state index contributed by atoms with van der Waals surface area (Å²) in [4.78, 5) is 12.6. The normalized spacial score (nSPS) is 19.4. The zero-order valence-corrected chi connectivity index (χ0v) is 12.7. The third-order valence-corrected chi connectivity index (χ3v) is 4.61. The van der Waals surface area contributed by atoms with E-state index in [-0.39, 0.29) is 17.4 Å². The fourth-order valence-corrected chi connectivity index (χ4v) is 3.16. The van der Waals surface area contributed by atoms with Gasteiger partial charge < -0.3 is 11.1 Å². The highest BCUT2D eigenvalue weighted by Gasteiger charge is 2.38. The van der Waals surface area contributed by atoms with Crippen molar-refractivity contribution in [3.05, 3.63) is 34.9 Å². The highest BCUT2D eigenvalue weighted by molar-refractivity contribution is 6.30. The molecule has 1 amide bonds. The maximum absolute atomic E-state index is 12.6. The molecule has 1 aliphatic carbocycles. The predicted octanol–water partition coefficient (Wildman–Crippen LogP) is 3.43. The van der Waals surface area contributed by atoms with Crippen molar-refractivity contribution in [2.75, 3.05) is 6.54 Å². The molecule has 0 saturated heterocycles. The van der Waals surface area contributed by atoms with Crippen LogP contribution in [0.1, 0.15) is 50.6 Å². The molecular formula is C16H23ClN2O. The number of hydrogen-bond acceptors (Lipinski definition) is 2. The Hall–Kier alpha value is -1.06. The molecule has 3 N–H and O–H groups in total. The zero-order chi connectivity index (χ0) is 14.6. The Kier molecular flexibility index (Phi) is 5.06. The van der Waals surface area contributed by atoms with Gasteiger partial charge in [0.2, 0.25) is 5.91 Å². The fraction of sp³-hybridized carbons (Fsp3) is 0.562. The molecule has 1 saturated carbocycles. The number of rotatable bonds is 4. The van der Waals surface area contributed by atoms with E-state index >= 15 is 0 Å². The highest BCUT2D eigenvalue weighted by Crippen LogP contribution is 2.36. The molecular weight excluding hydrogens is 272 g/mol. The van der Waals surface area contributed by atoms with Crippen molar-refractivity contribution in [3.63, 3.8) is 0 Å². The Balaban J connectivity index is 2.06. The molecule has 0 spiro atoms. The standard InChI is InChI=1S/C16H23ClN2O/c1-12(13-6-5-7-14(17)10-13)19-15(20)16(11-18)8-3-2-4-9-16/h5-7,10,12H,2-4,8-9,11,18H2,1H3,(H,19,20)/t12-/m1/s1. The highest BCUT2D eigenvalue weighted by atomic mass is 35.5. The number of benzene rings is 1. The van der Waals surface area contributed by atoms with Gasteiger partial charge in [0.05, 0.1) is 11.5 Å². The summed E-state index contributed by atoms with van der Waals surface area (Å²) in [5.74, 6) is 0.0900. The van der Waals surface area contributed by atoms with Crippen molar-refractivity contribution < 1.29 is 4.79 Å². The number of carbonyl (C=O) groups is 1. The van der Waals surface area contributed by atoms with Crippen LogP contribution >= 0.6 is 11.6 Å². The van der Waals surface area contributed by atoms with Crippen molar-refractivity contribution in [1.82, 2.24) is 5.32 Å². The third-order valence-electron chi connectivity index (χ3n) is 4.38. The Morgan fingerprint density at radius 2 is 2.10 bits per heavy atom. The summed E-state index contributed by atoms with van der Waals surface area (Å²) >= 11 is 6.00. The van der Waals surface area contributed by atoms with E-state index in [0.29, 0.717) is 11.6 Å². The minimum atomic E-state index is -0.370. The quantitative estimate of drug-likeness (QED) is 0.894. The molecule has 110 valence electrons. The van der Waals surface area contributed by atoms with Crippen molar-refractivity contribution >= 4 is 17.5 Å². The van der Waals surface area contributed by atoms with Gasteiger partial charge in [-0.1, -0.05) is 43.0 Å². The van der Waals surface area contributed by atoms with E-state index in [1.165, 1.54) is 6.42 Å². The summed E-state index contributed by atoms with van der Waals surface area (Å²) in [6.45, 7) is 2.41. The van der Waals surface area contributed by atoms with E-state index < -0.39 is 0 Å². The second-order valence-electron chi connectivity index (χ2n) is 5.80. The van der Waals surface area contributed by atoms with Gasteiger partial charge in [-0.15, -0.1) is 0 Å². The molecule has 1 aliphatic rings. The molecule has 4 heteroatoms. The van der Waals surface area contributed by atoms with E-state index in [4.69, 9.17) is 17.3 Å². The van der Waals surface area contributed by atoms with E-state index in [1.807, 2.05) is 31.2 Å². The molecule has 0 aromatic heterocycles. The lowest BCUT2D eigenvalue weighted by Crippen LogP contribution is -2.47. The van der Waals surface area contributed by atoms with Gasteiger partial charge in [0.25, 0.3) is 0 Å². The van der Waals surface area contributed by atoms with Crippen molar-refractivity contribution in [3.8, 4) is 0 Å². The van der Waals surface area contributed by atoms with Gasteiger partial charge >= 0.3 is 0 Å². The number of halogens is 1. The lowest BCUT2D eigenvalue weighted by atomic mass is 9.73. The molecule has 3 nitrogen and oxygen atoms in total. The van der Waals surface area contributed by atoms with E-state index in [1.54, 1.807) is 0 Å². The lowest BCUT2D eigenvalue weighted by Gasteiger charge is -2.35. The number of carbonyl (C=O) groups excluding carboxylic acids is 1. The molecule has 1 aromatic carbocycles. The first-order valence-corrected chi connectivity index (χ1v) is 7.72. The van der Waals surface area contributed by atoms with Crippen LogP contribution in [0.5, 0.6) is 0 Å². The van der Waals surface area contributed by atoms with E-state index in [0.717, 1.165) is 31.2 Å². The SMILES string of the molecule is C[C@@H](NC(=O)C1(CN)CCCCC1)c1cccc(Cl)c1. The number of nitrogens with one attached hydrogen (secondary N) is 1. The fourth-order valence-electron chi connectivity index (χ4n) is 2.96. The topological polar surface area (TPSA) is 55.1 Å². The maximum Gasteiger partial charge on any atom is 0.227 e. The van der Waals surface area contributed by atoms with Crippen LogP contribution in [0, 0.1) is 5.41 Å². The summed E-state index contributed by atoms with van der Waals surface area (Å²) < 4.78 is 0. The second kappa shape index (κ2) is 6.59. The van der Waals surface area contributed by atoms with Gasteiger partial charge in [0.1, 0.15) is 0 Å². The van der Waals surface area contributed by atoms with Gasteiger partial charge in [0.15, 0.2) is 0 Å². The Labute approximate surface area is 125 Å². The summed E-state index contributed by atoms with van der Waals surface area (Å²) in [5.41, 5.74) is 6.55. The molecule has 0 aliphatic heterocycles. The average molecular weight is 295 g/mol. The van der Waals surface area contributed by atoms with Crippen LogP contribution in [0.3, 0.4) is 0 Å². The van der Waals surface area contributed by atoms with Crippen LogP contribution in [0.4, 0.5) is 0 Å². The minimum absolute atomic E-state index is 0.0495. The molecule has 1 atom stereocenters. The van der Waals surface area contributed by atoms with E-state index in [2.05, 4.69) is 5.32 Å². The zero-order valence-electron chi connectivity index (χ0n) is 12.0. The number of amides is 1. The molecule has 1 fully saturated rings. The largest absolute Gasteiger partial charge is 0.349 e. The summed E-state index contributed by atoms with van der Waals surface area (Å²) in [6.07, 6.45) is 5.19. The average Bonchev–Trinajstić information content (AvgIpc) is 2.47. The smallest absolute Gasteiger partial charge is 0.227 e. The lowest BCUT2D eigenvalue weighted by molar-refractivity contribution is -0.133. The Bertz CT molecular complexity index is 469. The van der Waals surface area contributed by atoms with Crippen LogP contribution in [0.25, 0.3) is 0 Å². The van der Waals surface area contributed by atoms with Crippen molar-refractivity contribution in [2.24, 2.45) is 11.1 Å². The van der Waals surface area contributed by atoms with Gasteiger partial charge in [-0.05, 0) is 37.5 Å².